The highest BCUT2D eigenvalue weighted by Gasteiger charge is 2.23. The van der Waals surface area contributed by atoms with Gasteiger partial charge < -0.3 is 10.2 Å². The van der Waals surface area contributed by atoms with Gasteiger partial charge in [0.2, 0.25) is 0 Å². The molecule has 1 N–H and O–H groups in total. The van der Waals surface area contributed by atoms with Gasteiger partial charge in [0.15, 0.2) is 0 Å². The zero-order valence-electron chi connectivity index (χ0n) is 13.8. The Balaban J connectivity index is 1.72. The quantitative estimate of drug-likeness (QED) is 0.831. The molecule has 3 heteroatoms. The number of hydrogen-bond acceptors (Lipinski definition) is 3. The highest BCUT2D eigenvalue weighted by Crippen LogP contribution is 2.28. The van der Waals surface area contributed by atoms with Crippen LogP contribution in [0.2, 0.25) is 0 Å². The van der Waals surface area contributed by atoms with E-state index in [0.29, 0.717) is 6.04 Å². The number of nitrogens with zero attached hydrogens (tertiary/aromatic N) is 1. The van der Waals surface area contributed by atoms with E-state index >= 15 is 0 Å². The van der Waals surface area contributed by atoms with E-state index in [0.717, 1.165) is 6.54 Å². The van der Waals surface area contributed by atoms with E-state index in [1.807, 2.05) is 0 Å². The van der Waals surface area contributed by atoms with E-state index in [9.17, 15) is 0 Å². The van der Waals surface area contributed by atoms with Crippen LogP contribution in [0.1, 0.15) is 32.8 Å². The Morgan fingerprint density at radius 2 is 1.86 bits per heavy atom. The van der Waals surface area contributed by atoms with Crippen LogP contribution >= 0.6 is 11.8 Å². The van der Waals surface area contributed by atoms with Crippen LogP contribution in [0.4, 0.5) is 0 Å². The molecule has 118 valence electrons. The summed E-state index contributed by atoms with van der Waals surface area (Å²) in [6.07, 6.45) is 1.17. The van der Waals surface area contributed by atoms with E-state index in [1.165, 1.54) is 43.1 Å². The van der Waals surface area contributed by atoms with Crippen LogP contribution in [-0.4, -0.2) is 48.6 Å². The Morgan fingerprint density at radius 1 is 1.19 bits per heavy atom. The molecule has 1 aromatic carbocycles. The molecule has 0 saturated carbocycles. The van der Waals surface area contributed by atoms with Gasteiger partial charge in [0.25, 0.3) is 0 Å². The SMILES string of the molecule is CC(CC(C)(C)c1ccccc1)NCCN1CCSCC1. The lowest BCUT2D eigenvalue weighted by atomic mass is 9.79. The second-order valence-corrected chi connectivity index (χ2v) is 7.99. The molecule has 0 amide bonds. The fourth-order valence-electron chi connectivity index (χ4n) is 3.14. The molecule has 0 aromatic heterocycles. The molecule has 21 heavy (non-hydrogen) atoms. The van der Waals surface area contributed by atoms with Gasteiger partial charge in [0.1, 0.15) is 0 Å². The van der Waals surface area contributed by atoms with Gasteiger partial charge in [0, 0.05) is 43.7 Å². The number of nitrogens with one attached hydrogen (secondary N) is 1. The molecule has 0 spiro atoms. The summed E-state index contributed by atoms with van der Waals surface area (Å²) in [5, 5.41) is 3.71. The minimum absolute atomic E-state index is 0.232. The third-order valence-corrected chi connectivity index (χ3v) is 5.34. The summed E-state index contributed by atoms with van der Waals surface area (Å²) < 4.78 is 0. The van der Waals surface area contributed by atoms with Crippen molar-refractivity contribution in [1.82, 2.24) is 10.2 Å². The van der Waals surface area contributed by atoms with Crippen molar-refractivity contribution in [2.24, 2.45) is 0 Å². The van der Waals surface area contributed by atoms with E-state index in [1.54, 1.807) is 0 Å². The molecule has 1 atom stereocenters. The lowest BCUT2D eigenvalue weighted by Crippen LogP contribution is -2.41. The van der Waals surface area contributed by atoms with Crippen LogP contribution in [0.5, 0.6) is 0 Å². The standard InChI is InChI=1S/C18H30N2S/c1-16(19-9-10-20-11-13-21-14-12-20)15-18(2,3)17-7-5-4-6-8-17/h4-8,16,19H,9-15H2,1-3H3. The van der Waals surface area contributed by atoms with Crippen molar-refractivity contribution in [2.75, 3.05) is 37.7 Å². The molecule has 2 nitrogen and oxygen atoms in total. The molecule has 0 bridgehead atoms. The molecule has 0 radical (unpaired) electrons. The summed E-state index contributed by atoms with van der Waals surface area (Å²) in [5.74, 6) is 2.60. The summed E-state index contributed by atoms with van der Waals surface area (Å²) in [7, 11) is 0. The zero-order valence-corrected chi connectivity index (χ0v) is 14.6. The monoisotopic (exact) mass is 306 g/mol. The van der Waals surface area contributed by atoms with Crippen molar-refractivity contribution in [3.05, 3.63) is 35.9 Å². The largest absolute Gasteiger partial charge is 0.313 e. The van der Waals surface area contributed by atoms with E-state index in [4.69, 9.17) is 0 Å². The first-order valence-electron chi connectivity index (χ1n) is 8.17. The number of thioether (sulfide) groups is 1. The van der Waals surface area contributed by atoms with Crippen LogP contribution < -0.4 is 5.32 Å². The maximum Gasteiger partial charge on any atom is 0.0108 e. The lowest BCUT2D eigenvalue weighted by Gasteiger charge is -2.30. The molecule has 1 aliphatic heterocycles. The van der Waals surface area contributed by atoms with Gasteiger partial charge in [0.05, 0.1) is 0 Å². The summed E-state index contributed by atoms with van der Waals surface area (Å²) in [6.45, 7) is 11.8. The average Bonchev–Trinajstić information content (AvgIpc) is 2.49. The molecule has 1 unspecified atom stereocenters. The maximum atomic E-state index is 3.71. The van der Waals surface area contributed by atoms with E-state index in [-0.39, 0.29) is 5.41 Å². The average molecular weight is 307 g/mol. The summed E-state index contributed by atoms with van der Waals surface area (Å²) in [4.78, 5) is 2.58. The van der Waals surface area contributed by atoms with Gasteiger partial charge in [-0.3, -0.25) is 0 Å². The van der Waals surface area contributed by atoms with Crippen molar-refractivity contribution in [3.63, 3.8) is 0 Å². The Labute approximate surface area is 134 Å². The smallest absolute Gasteiger partial charge is 0.0108 e. The molecule has 1 aliphatic rings. The zero-order chi connectivity index (χ0) is 15.1. The first-order valence-corrected chi connectivity index (χ1v) is 9.32. The molecule has 1 heterocycles. The van der Waals surface area contributed by atoms with Crippen LogP contribution in [0.25, 0.3) is 0 Å². The highest BCUT2D eigenvalue weighted by atomic mass is 32.2. The second-order valence-electron chi connectivity index (χ2n) is 6.76. The first kappa shape index (κ1) is 16.9. The van der Waals surface area contributed by atoms with Gasteiger partial charge in [-0.15, -0.1) is 0 Å². The minimum Gasteiger partial charge on any atom is -0.313 e. The summed E-state index contributed by atoms with van der Waals surface area (Å²) in [6, 6.07) is 11.4. The van der Waals surface area contributed by atoms with E-state index < -0.39 is 0 Å². The van der Waals surface area contributed by atoms with Gasteiger partial charge in [-0.05, 0) is 24.3 Å². The van der Waals surface area contributed by atoms with Crippen molar-refractivity contribution < 1.29 is 0 Å². The topological polar surface area (TPSA) is 15.3 Å². The summed E-state index contributed by atoms with van der Waals surface area (Å²) in [5.41, 5.74) is 1.67. The molecule has 1 saturated heterocycles. The Morgan fingerprint density at radius 3 is 2.52 bits per heavy atom. The van der Waals surface area contributed by atoms with E-state index in [2.05, 4.69) is 73.1 Å². The Kier molecular flexibility index (Phi) is 6.59. The van der Waals surface area contributed by atoms with Crippen LogP contribution in [-0.2, 0) is 5.41 Å². The van der Waals surface area contributed by atoms with Crippen molar-refractivity contribution >= 4 is 11.8 Å². The number of hydrogen-bond donors (Lipinski definition) is 1. The third kappa shape index (κ3) is 5.65. The molecule has 1 aromatic rings. The number of rotatable bonds is 7. The fraction of sp³-hybridized carbons (Fsp3) is 0.667. The molecule has 2 rings (SSSR count). The molecule has 0 aliphatic carbocycles. The Hall–Kier alpha value is -0.510. The van der Waals surface area contributed by atoms with Crippen molar-refractivity contribution in [1.29, 1.82) is 0 Å². The van der Waals surface area contributed by atoms with Gasteiger partial charge in [-0.25, -0.2) is 0 Å². The third-order valence-electron chi connectivity index (χ3n) is 4.40. The van der Waals surface area contributed by atoms with Crippen LogP contribution in [0, 0.1) is 0 Å². The van der Waals surface area contributed by atoms with Crippen LogP contribution in [0.3, 0.4) is 0 Å². The normalized spacial score (nSPS) is 18.6. The van der Waals surface area contributed by atoms with Crippen molar-refractivity contribution in [2.45, 2.75) is 38.6 Å². The van der Waals surface area contributed by atoms with Crippen molar-refractivity contribution in [3.8, 4) is 0 Å². The van der Waals surface area contributed by atoms with Gasteiger partial charge in [-0.1, -0.05) is 44.2 Å². The first-order chi connectivity index (χ1) is 10.1. The van der Waals surface area contributed by atoms with Gasteiger partial charge >= 0.3 is 0 Å². The highest BCUT2D eigenvalue weighted by molar-refractivity contribution is 7.99. The Bertz CT molecular complexity index is 399. The van der Waals surface area contributed by atoms with Gasteiger partial charge in [-0.2, -0.15) is 11.8 Å². The molecular weight excluding hydrogens is 276 g/mol. The number of benzene rings is 1. The fourth-order valence-corrected chi connectivity index (χ4v) is 4.12. The minimum atomic E-state index is 0.232. The predicted octanol–water partition coefficient (Wildman–Crippen LogP) is 3.38. The lowest BCUT2D eigenvalue weighted by molar-refractivity contribution is 0.289. The molecular formula is C18H30N2S. The van der Waals surface area contributed by atoms with Crippen LogP contribution in [0.15, 0.2) is 30.3 Å². The summed E-state index contributed by atoms with van der Waals surface area (Å²) >= 11 is 2.08. The second kappa shape index (κ2) is 8.21. The molecule has 1 fully saturated rings. The maximum absolute atomic E-state index is 3.71. The predicted molar refractivity (Wildman–Crippen MR) is 95.3 cm³/mol.